The number of halogens is 1. The topological polar surface area (TPSA) is 50.7 Å². The molecule has 0 aliphatic carbocycles. The molecule has 122 valence electrons. The lowest BCUT2D eigenvalue weighted by Crippen LogP contribution is -2.19. The monoisotopic (exact) mass is 342 g/mol. The first-order valence-electron chi connectivity index (χ1n) is 7.42. The zero-order valence-corrected chi connectivity index (χ0v) is 13.8. The Kier molecular flexibility index (Phi) is 4.96. The number of nitrogens with one attached hydrogen (secondary N) is 1. The molecule has 3 rings (SSSR count). The second-order valence-electron chi connectivity index (χ2n) is 4.96. The van der Waals surface area contributed by atoms with Gasteiger partial charge < -0.3 is 10.1 Å². The molecule has 1 aliphatic heterocycles. The summed E-state index contributed by atoms with van der Waals surface area (Å²) >= 11 is 1.25. The maximum atomic E-state index is 12.9. The molecule has 1 heterocycles. The SMILES string of the molecule is CCOc1ccc(N=C2NC(=O)C(=Cc3ccc(F)cc3)S2)cc1. The second kappa shape index (κ2) is 7.31. The van der Waals surface area contributed by atoms with Crippen molar-refractivity contribution in [2.75, 3.05) is 6.61 Å². The minimum Gasteiger partial charge on any atom is -0.494 e. The molecule has 1 amide bonds. The van der Waals surface area contributed by atoms with Gasteiger partial charge in [0.05, 0.1) is 17.2 Å². The number of carbonyl (C=O) groups is 1. The summed E-state index contributed by atoms with van der Waals surface area (Å²) in [6.45, 7) is 2.53. The Morgan fingerprint density at radius 2 is 1.88 bits per heavy atom. The number of hydrogen-bond acceptors (Lipinski definition) is 4. The van der Waals surface area contributed by atoms with E-state index in [0.29, 0.717) is 16.7 Å². The van der Waals surface area contributed by atoms with E-state index in [4.69, 9.17) is 4.74 Å². The number of carbonyl (C=O) groups excluding carboxylic acids is 1. The molecule has 1 N–H and O–H groups in total. The summed E-state index contributed by atoms with van der Waals surface area (Å²) in [7, 11) is 0. The normalized spacial score (nSPS) is 17.3. The van der Waals surface area contributed by atoms with Crippen molar-refractivity contribution in [2.45, 2.75) is 6.92 Å². The maximum absolute atomic E-state index is 12.9. The van der Waals surface area contributed by atoms with Crippen molar-refractivity contribution >= 4 is 34.6 Å². The largest absolute Gasteiger partial charge is 0.494 e. The molecule has 0 saturated carbocycles. The van der Waals surface area contributed by atoms with E-state index in [-0.39, 0.29) is 11.7 Å². The molecule has 0 atom stereocenters. The predicted molar refractivity (Wildman–Crippen MR) is 94.8 cm³/mol. The van der Waals surface area contributed by atoms with Gasteiger partial charge in [-0.1, -0.05) is 12.1 Å². The lowest BCUT2D eigenvalue weighted by atomic mass is 10.2. The van der Waals surface area contributed by atoms with Gasteiger partial charge in [0, 0.05) is 0 Å². The fourth-order valence-electron chi connectivity index (χ4n) is 2.09. The van der Waals surface area contributed by atoms with Gasteiger partial charge in [0.15, 0.2) is 5.17 Å². The first kappa shape index (κ1) is 16.3. The standard InChI is InChI=1S/C18H15FN2O2S/c1-2-23-15-9-7-14(8-10-15)20-18-21-17(22)16(24-18)11-12-3-5-13(19)6-4-12/h3-11H,2H2,1H3,(H,20,21,22). The lowest BCUT2D eigenvalue weighted by Gasteiger charge is -2.02. The smallest absolute Gasteiger partial charge is 0.264 e. The van der Waals surface area contributed by atoms with Crippen LogP contribution in [0.25, 0.3) is 6.08 Å². The highest BCUT2D eigenvalue weighted by atomic mass is 32.2. The van der Waals surface area contributed by atoms with Gasteiger partial charge >= 0.3 is 0 Å². The van der Waals surface area contributed by atoms with Gasteiger partial charge in [-0.15, -0.1) is 0 Å². The van der Waals surface area contributed by atoms with E-state index in [1.54, 1.807) is 18.2 Å². The average molecular weight is 342 g/mol. The average Bonchev–Trinajstić information content (AvgIpc) is 2.91. The molecule has 6 heteroatoms. The summed E-state index contributed by atoms with van der Waals surface area (Å²) in [5.41, 5.74) is 1.49. The quantitative estimate of drug-likeness (QED) is 0.851. The highest BCUT2D eigenvalue weighted by molar-refractivity contribution is 8.18. The van der Waals surface area contributed by atoms with Crippen molar-refractivity contribution in [3.8, 4) is 5.75 Å². The Bertz CT molecular complexity index is 799. The van der Waals surface area contributed by atoms with Crippen LogP contribution in [0.4, 0.5) is 10.1 Å². The number of rotatable bonds is 4. The highest BCUT2D eigenvalue weighted by Crippen LogP contribution is 2.28. The number of aliphatic imine (C=N–C) groups is 1. The Balaban J connectivity index is 1.75. The van der Waals surface area contributed by atoms with Crippen molar-refractivity contribution in [1.82, 2.24) is 5.32 Å². The maximum Gasteiger partial charge on any atom is 0.264 e. The van der Waals surface area contributed by atoms with Crippen LogP contribution in [0, 0.1) is 5.82 Å². The predicted octanol–water partition coefficient (Wildman–Crippen LogP) is 4.12. The number of ether oxygens (including phenoxy) is 1. The molecule has 0 aromatic heterocycles. The zero-order chi connectivity index (χ0) is 16.9. The molecule has 0 bridgehead atoms. The summed E-state index contributed by atoms with van der Waals surface area (Å²) in [5, 5.41) is 3.24. The van der Waals surface area contributed by atoms with Gasteiger partial charge in [0.1, 0.15) is 11.6 Å². The number of nitrogens with zero attached hydrogens (tertiary/aromatic N) is 1. The van der Waals surface area contributed by atoms with E-state index in [0.717, 1.165) is 17.0 Å². The van der Waals surface area contributed by atoms with Gasteiger partial charge in [-0.25, -0.2) is 9.38 Å². The van der Waals surface area contributed by atoms with Crippen molar-refractivity contribution in [3.63, 3.8) is 0 Å². The van der Waals surface area contributed by atoms with Crippen LogP contribution in [0.2, 0.25) is 0 Å². The minimum atomic E-state index is -0.307. The third-order valence-corrected chi connectivity index (χ3v) is 4.11. The van der Waals surface area contributed by atoms with E-state index in [9.17, 15) is 9.18 Å². The van der Waals surface area contributed by atoms with Gasteiger partial charge in [0.2, 0.25) is 0 Å². The van der Waals surface area contributed by atoms with Crippen LogP contribution < -0.4 is 10.1 Å². The number of amides is 1. The van der Waals surface area contributed by atoms with Crippen LogP contribution in [0.3, 0.4) is 0 Å². The number of amidine groups is 1. The van der Waals surface area contributed by atoms with Crippen LogP contribution in [0.1, 0.15) is 12.5 Å². The third-order valence-electron chi connectivity index (χ3n) is 3.20. The number of hydrogen-bond donors (Lipinski definition) is 1. The lowest BCUT2D eigenvalue weighted by molar-refractivity contribution is -0.115. The molecule has 4 nitrogen and oxygen atoms in total. The molecule has 0 unspecified atom stereocenters. The highest BCUT2D eigenvalue weighted by Gasteiger charge is 2.23. The summed E-state index contributed by atoms with van der Waals surface area (Å²) in [6, 6.07) is 13.3. The first-order chi connectivity index (χ1) is 11.6. The number of benzene rings is 2. The molecule has 24 heavy (non-hydrogen) atoms. The van der Waals surface area contributed by atoms with Crippen LogP contribution in [0.15, 0.2) is 58.4 Å². The van der Waals surface area contributed by atoms with Crippen molar-refractivity contribution in [3.05, 3.63) is 64.8 Å². The Labute approximate surface area is 143 Å². The van der Waals surface area contributed by atoms with Gasteiger partial charge in [-0.3, -0.25) is 4.79 Å². The molecule has 1 aliphatic rings. The fraction of sp³-hybridized carbons (Fsp3) is 0.111. The van der Waals surface area contributed by atoms with E-state index in [1.807, 2.05) is 31.2 Å². The summed E-state index contributed by atoms with van der Waals surface area (Å²) in [4.78, 5) is 16.9. The van der Waals surface area contributed by atoms with E-state index in [1.165, 1.54) is 23.9 Å². The summed E-state index contributed by atoms with van der Waals surface area (Å²) < 4.78 is 18.3. The fourth-order valence-corrected chi connectivity index (χ4v) is 2.93. The van der Waals surface area contributed by atoms with Crippen LogP contribution >= 0.6 is 11.8 Å². The zero-order valence-electron chi connectivity index (χ0n) is 13.0. The van der Waals surface area contributed by atoms with Crippen molar-refractivity contribution < 1.29 is 13.9 Å². The molecular weight excluding hydrogens is 327 g/mol. The first-order valence-corrected chi connectivity index (χ1v) is 8.24. The Hall–Kier alpha value is -2.60. The van der Waals surface area contributed by atoms with Gasteiger partial charge in [-0.2, -0.15) is 0 Å². The van der Waals surface area contributed by atoms with Crippen molar-refractivity contribution in [1.29, 1.82) is 0 Å². The van der Waals surface area contributed by atoms with Crippen LogP contribution in [-0.2, 0) is 4.79 Å². The van der Waals surface area contributed by atoms with E-state index in [2.05, 4.69) is 10.3 Å². The van der Waals surface area contributed by atoms with Crippen LogP contribution in [0.5, 0.6) is 5.75 Å². The van der Waals surface area contributed by atoms with Crippen LogP contribution in [-0.4, -0.2) is 17.7 Å². The molecule has 1 fully saturated rings. The Morgan fingerprint density at radius 1 is 1.17 bits per heavy atom. The van der Waals surface area contributed by atoms with E-state index < -0.39 is 0 Å². The minimum absolute atomic E-state index is 0.214. The van der Waals surface area contributed by atoms with Gasteiger partial charge in [-0.05, 0) is 66.7 Å². The molecular formula is C18H15FN2O2S. The summed E-state index contributed by atoms with van der Waals surface area (Å²) in [5.74, 6) is 0.258. The molecule has 0 radical (unpaired) electrons. The molecule has 0 spiro atoms. The van der Waals surface area contributed by atoms with Gasteiger partial charge in [0.25, 0.3) is 5.91 Å². The number of thioether (sulfide) groups is 1. The van der Waals surface area contributed by atoms with E-state index >= 15 is 0 Å². The van der Waals surface area contributed by atoms with Crippen molar-refractivity contribution in [2.24, 2.45) is 4.99 Å². The molecule has 2 aromatic rings. The second-order valence-corrected chi connectivity index (χ2v) is 5.99. The third kappa shape index (κ3) is 4.02. The Morgan fingerprint density at radius 3 is 2.54 bits per heavy atom. The molecule has 1 saturated heterocycles. The summed E-state index contributed by atoms with van der Waals surface area (Å²) in [6.07, 6.45) is 1.71. The molecule has 2 aromatic carbocycles.